The number of benzene rings is 2. The van der Waals surface area contributed by atoms with Gasteiger partial charge in [0.15, 0.2) is 5.43 Å². The molecule has 0 fully saturated rings. The van der Waals surface area contributed by atoms with Crippen molar-refractivity contribution in [3.63, 3.8) is 0 Å². The Labute approximate surface area is 120 Å². The second-order valence-electron chi connectivity index (χ2n) is 4.76. The van der Waals surface area contributed by atoms with Crippen LogP contribution in [0.1, 0.15) is 11.7 Å². The summed E-state index contributed by atoms with van der Waals surface area (Å²) in [6, 6.07) is 15.1. The van der Waals surface area contributed by atoms with E-state index in [4.69, 9.17) is 4.42 Å². The Morgan fingerprint density at radius 1 is 1.10 bits per heavy atom. The molecule has 106 valence electrons. The molecule has 0 spiro atoms. The molecule has 0 saturated heterocycles. The van der Waals surface area contributed by atoms with Gasteiger partial charge in [-0.15, -0.1) is 0 Å². The first-order valence-electron chi connectivity index (χ1n) is 6.56. The number of alkyl halides is 1. The fourth-order valence-corrected chi connectivity index (χ4v) is 2.20. The van der Waals surface area contributed by atoms with Crippen LogP contribution >= 0.6 is 0 Å². The molecule has 0 aliphatic rings. The standard InChI is InChI=1S/C17H13FO3/c18-10-15(20)11-5-7-12(8-6-11)17-9-14(19)13-3-1-2-4-16(13)21-17/h1-9,15,20H,10H2/t15-/m1/s1/i18-1. The molecule has 2 aromatic carbocycles. The van der Waals surface area contributed by atoms with E-state index in [1.54, 1.807) is 48.5 Å². The molecule has 1 N–H and O–H groups in total. The molecule has 21 heavy (non-hydrogen) atoms. The van der Waals surface area contributed by atoms with E-state index in [1.165, 1.54) is 6.07 Å². The minimum Gasteiger partial charge on any atom is -0.456 e. The number of hydrogen-bond donors (Lipinski definition) is 1. The highest BCUT2D eigenvalue weighted by atomic mass is 18.2. The summed E-state index contributed by atoms with van der Waals surface area (Å²) >= 11 is 0. The lowest BCUT2D eigenvalue weighted by molar-refractivity contribution is 0.142. The Balaban J connectivity index is 2.06. The van der Waals surface area contributed by atoms with Gasteiger partial charge in [0, 0.05) is 11.6 Å². The van der Waals surface area contributed by atoms with Crippen LogP contribution in [0, 0.1) is 0 Å². The SMILES string of the molecule is O=c1cc(-c2ccc([C@H](O)C[18F])cc2)oc2ccccc12. The van der Waals surface area contributed by atoms with Gasteiger partial charge in [-0.2, -0.15) is 0 Å². The zero-order valence-electron chi connectivity index (χ0n) is 11.1. The molecule has 0 aliphatic carbocycles. The number of rotatable bonds is 3. The lowest BCUT2D eigenvalue weighted by Gasteiger charge is -2.07. The smallest absolute Gasteiger partial charge is 0.193 e. The summed E-state index contributed by atoms with van der Waals surface area (Å²) < 4.78 is 18.1. The van der Waals surface area contributed by atoms with Gasteiger partial charge in [-0.1, -0.05) is 36.4 Å². The van der Waals surface area contributed by atoms with Crippen LogP contribution in [0.3, 0.4) is 0 Å². The zero-order valence-corrected chi connectivity index (χ0v) is 11.1. The largest absolute Gasteiger partial charge is 0.456 e. The predicted octanol–water partition coefficient (Wildman–Crippen LogP) is 3.46. The van der Waals surface area contributed by atoms with Crippen molar-refractivity contribution in [3.05, 3.63) is 70.4 Å². The number of para-hydroxylation sites is 1. The van der Waals surface area contributed by atoms with Crippen molar-refractivity contribution < 1.29 is 13.9 Å². The molecule has 0 unspecified atom stereocenters. The van der Waals surface area contributed by atoms with E-state index < -0.39 is 12.8 Å². The van der Waals surface area contributed by atoms with Crippen molar-refractivity contribution in [1.29, 1.82) is 0 Å². The Kier molecular flexibility index (Phi) is 3.54. The van der Waals surface area contributed by atoms with Gasteiger partial charge < -0.3 is 9.52 Å². The topological polar surface area (TPSA) is 50.4 Å². The Morgan fingerprint density at radius 2 is 1.81 bits per heavy atom. The van der Waals surface area contributed by atoms with E-state index in [1.807, 2.05) is 0 Å². The first kappa shape index (κ1) is 13.5. The summed E-state index contributed by atoms with van der Waals surface area (Å²) in [4.78, 5) is 12.0. The fraction of sp³-hybridized carbons (Fsp3) is 0.118. The molecule has 0 radical (unpaired) electrons. The number of halogens is 1. The first-order valence-corrected chi connectivity index (χ1v) is 6.56. The van der Waals surface area contributed by atoms with Gasteiger partial charge in [-0.25, -0.2) is 4.39 Å². The lowest BCUT2D eigenvalue weighted by atomic mass is 10.1. The van der Waals surface area contributed by atoms with Crippen molar-refractivity contribution in [2.45, 2.75) is 6.10 Å². The highest BCUT2D eigenvalue weighted by molar-refractivity contribution is 5.78. The highest BCUT2D eigenvalue weighted by Gasteiger charge is 2.09. The molecule has 1 aromatic heterocycles. The molecule has 4 heteroatoms. The second-order valence-corrected chi connectivity index (χ2v) is 4.76. The Bertz CT molecular complexity index is 821. The first-order chi connectivity index (χ1) is 10.2. The summed E-state index contributed by atoms with van der Waals surface area (Å²) in [5.41, 5.74) is 1.60. The maximum atomic E-state index is 12.4. The van der Waals surface area contributed by atoms with Crippen LogP contribution in [-0.4, -0.2) is 11.8 Å². The molecule has 0 bridgehead atoms. The van der Waals surface area contributed by atoms with E-state index in [2.05, 4.69) is 0 Å². The molecular weight excluding hydrogens is 270 g/mol. The van der Waals surface area contributed by atoms with E-state index in [-0.39, 0.29) is 5.43 Å². The van der Waals surface area contributed by atoms with Crippen LogP contribution in [0.4, 0.5) is 4.39 Å². The van der Waals surface area contributed by atoms with Crippen molar-refractivity contribution in [3.8, 4) is 11.3 Å². The summed E-state index contributed by atoms with van der Waals surface area (Å²) in [6.07, 6.45) is -1.12. The van der Waals surface area contributed by atoms with Crippen molar-refractivity contribution in [2.75, 3.05) is 6.67 Å². The molecule has 3 nitrogen and oxygen atoms in total. The summed E-state index contributed by atoms with van der Waals surface area (Å²) in [5, 5.41) is 9.96. The molecule has 0 saturated carbocycles. The number of aliphatic hydroxyl groups excluding tert-OH is 1. The van der Waals surface area contributed by atoms with Crippen LogP contribution in [-0.2, 0) is 0 Å². The molecule has 3 rings (SSSR count). The third kappa shape index (κ3) is 2.58. The van der Waals surface area contributed by atoms with Gasteiger partial charge in [-0.3, -0.25) is 4.79 Å². The maximum absolute atomic E-state index is 12.4. The van der Waals surface area contributed by atoms with Crippen molar-refractivity contribution in [1.82, 2.24) is 0 Å². The van der Waals surface area contributed by atoms with Gasteiger partial charge in [0.1, 0.15) is 24.1 Å². The minimum absolute atomic E-state index is 0.111. The quantitative estimate of drug-likeness (QED) is 0.800. The van der Waals surface area contributed by atoms with Crippen LogP contribution in [0.5, 0.6) is 0 Å². The monoisotopic (exact) mass is 283 g/mol. The maximum Gasteiger partial charge on any atom is 0.193 e. The van der Waals surface area contributed by atoms with Gasteiger partial charge in [0.25, 0.3) is 0 Å². The molecule has 1 atom stereocenters. The third-order valence-electron chi connectivity index (χ3n) is 3.36. The number of aliphatic hydroxyl groups is 1. The molecule has 0 aliphatic heterocycles. The summed E-state index contributed by atoms with van der Waals surface area (Å²) in [7, 11) is 0. The van der Waals surface area contributed by atoms with E-state index in [0.29, 0.717) is 27.9 Å². The predicted molar refractivity (Wildman–Crippen MR) is 78.9 cm³/mol. The van der Waals surface area contributed by atoms with E-state index in [9.17, 15) is 14.3 Å². The number of hydrogen-bond acceptors (Lipinski definition) is 3. The van der Waals surface area contributed by atoms with Crippen LogP contribution in [0.2, 0.25) is 0 Å². The third-order valence-corrected chi connectivity index (χ3v) is 3.36. The average Bonchev–Trinajstić information content (AvgIpc) is 2.54. The van der Waals surface area contributed by atoms with Crippen LogP contribution in [0.25, 0.3) is 22.3 Å². The fourth-order valence-electron chi connectivity index (χ4n) is 2.20. The van der Waals surface area contributed by atoms with Gasteiger partial charge in [0.2, 0.25) is 0 Å². The highest BCUT2D eigenvalue weighted by Crippen LogP contribution is 2.24. The minimum atomic E-state index is -1.12. The van der Waals surface area contributed by atoms with Crippen molar-refractivity contribution in [2.24, 2.45) is 0 Å². The van der Waals surface area contributed by atoms with Crippen LogP contribution in [0.15, 0.2) is 63.8 Å². The van der Waals surface area contributed by atoms with E-state index in [0.717, 1.165) is 0 Å². The lowest BCUT2D eigenvalue weighted by Crippen LogP contribution is -2.01. The Morgan fingerprint density at radius 3 is 2.52 bits per heavy atom. The average molecular weight is 283 g/mol. The summed E-state index contributed by atoms with van der Waals surface area (Å²) in [6.45, 7) is -0.829. The van der Waals surface area contributed by atoms with Gasteiger partial charge in [-0.05, 0) is 17.7 Å². The molecule has 0 amide bonds. The van der Waals surface area contributed by atoms with Gasteiger partial charge >= 0.3 is 0 Å². The molecular formula is C17H13FO3. The summed E-state index contributed by atoms with van der Waals surface area (Å²) in [5.74, 6) is 0.444. The van der Waals surface area contributed by atoms with Gasteiger partial charge in [0.05, 0.1) is 5.39 Å². The molecule has 1 heterocycles. The number of fused-ring (bicyclic) bond motifs is 1. The molecule has 3 aromatic rings. The van der Waals surface area contributed by atoms with Crippen molar-refractivity contribution >= 4 is 11.0 Å². The normalized spacial score (nSPS) is 12.5. The zero-order chi connectivity index (χ0) is 14.8. The second kappa shape index (κ2) is 5.50. The Hall–Kier alpha value is -2.46. The van der Waals surface area contributed by atoms with E-state index >= 15 is 0 Å². The van der Waals surface area contributed by atoms with Crippen LogP contribution < -0.4 is 5.43 Å².